The lowest BCUT2D eigenvalue weighted by atomic mass is 10.1. The van der Waals surface area contributed by atoms with Crippen LogP contribution < -0.4 is 0 Å². The van der Waals surface area contributed by atoms with Crippen molar-refractivity contribution in [1.29, 1.82) is 0 Å². The first kappa shape index (κ1) is 9.76. The van der Waals surface area contributed by atoms with Crippen molar-refractivity contribution in [3.8, 4) is 0 Å². The minimum absolute atomic E-state index is 0.706. The molecule has 0 spiro atoms. The first-order valence-electron chi connectivity index (χ1n) is 5.06. The van der Waals surface area contributed by atoms with E-state index in [1.165, 1.54) is 15.2 Å². The van der Waals surface area contributed by atoms with E-state index in [9.17, 15) is 0 Å². The minimum Gasteiger partial charge on any atom is -0.246 e. The molecule has 0 saturated heterocycles. The Balaban J connectivity index is 2.30. The molecule has 0 atom stereocenters. The SMILES string of the molecule is Clc1cccc2c1nc1cc3ssnc3cc12. The first-order chi connectivity index (χ1) is 8.33. The Hall–Kier alpha value is -1.23. The average molecular weight is 277 g/mol. The van der Waals surface area contributed by atoms with E-state index in [-0.39, 0.29) is 0 Å². The normalized spacial score (nSPS) is 11.8. The van der Waals surface area contributed by atoms with E-state index < -0.39 is 0 Å². The van der Waals surface area contributed by atoms with Gasteiger partial charge in [0.15, 0.2) is 0 Å². The van der Waals surface area contributed by atoms with Crippen molar-refractivity contribution in [2.24, 2.45) is 0 Å². The van der Waals surface area contributed by atoms with Crippen LogP contribution in [0.25, 0.3) is 32.0 Å². The van der Waals surface area contributed by atoms with Crippen LogP contribution in [-0.2, 0) is 0 Å². The van der Waals surface area contributed by atoms with E-state index in [2.05, 4.69) is 27.6 Å². The van der Waals surface area contributed by atoms with Crippen molar-refractivity contribution < 1.29 is 0 Å². The Morgan fingerprint density at radius 2 is 2.00 bits per heavy atom. The van der Waals surface area contributed by atoms with Gasteiger partial charge in [-0.2, -0.15) is 4.37 Å². The smallest absolute Gasteiger partial charge is 0.0957 e. The van der Waals surface area contributed by atoms with Gasteiger partial charge in [-0.3, -0.25) is 0 Å². The van der Waals surface area contributed by atoms with Gasteiger partial charge in [0.25, 0.3) is 0 Å². The van der Waals surface area contributed by atoms with Gasteiger partial charge in [0.05, 0.1) is 26.3 Å². The van der Waals surface area contributed by atoms with E-state index in [4.69, 9.17) is 11.6 Å². The zero-order valence-corrected chi connectivity index (χ0v) is 10.9. The molecule has 2 heterocycles. The van der Waals surface area contributed by atoms with Crippen molar-refractivity contribution >= 4 is 64.5 Å². The molecule has 0 bridgehead atoms. The zero-order chi connectivity index (χ0) is 11.4. The Labute approximate surface area is 109 Å². The van der Waals surface area contributed by atoms with E-state index in [0.29, 0.717) is 5.02 Å². The molecule has 0 aliphatic rings. The summed E-state index contributed by atoms with van der Waals surface area (Å²) in [6, 6.07) is 10.1. The Morgan fingerprint density at radius 3 is 2.94 bits per heavy atom. The molecule has 0 N–H and O–H groups in total. The molecule has 17 heavy (non-hydrogen) atoms. The highest BCUT2D eigenvalue weighted by Crippen LogP contribution is 2.34. The van der Waals surface area contributed by atoms with Crippen LogP contribution in [0, 0.1) is 0 Å². The van der Waals surface area contributed by atoms with Gasteiger partial charge in [-0.25, -0.2) is 4.98 Å². The molecule has 0 amide bonds. The third-order valence-corrected chi connectivity index (χ3v) is 4.99. The molecule has 4 rings (SSSR count). The van der Waals surface area contributed by atoms with Crippen molar-refractivity contribution in [3.63, 3.8) is 0 Å². The molecular weight excluding hydrogens is 272 g/mol. The average Bonchev–Trinajstić information content (AvgIpc) is 2.90. The van der Waals surface area contributed by atoms with Gasteiger partial charge < -0.3 is 0 Å². The van der Waals surface area contributed by atoms with Crippen LogP contribution in [0.5, 0.6) is 0 Å². The van der Waals surface area contributed by atoms with Crippen LogP contribution in [0.1, 0.15) is 0 Å². The Bertz CT molecular complexity index is 863. The summed E-state index contributed by atoms with van der Waals surface area (Å²) in [5.74, 6) is 0. The van der Waals surface area contributed by atoms with E-state index in [1.54, 1.807) is 10.3 Å². The molecule has 2 aromatic carbocycles. The quantitative estimate of drug-likeness (QED) is 0.435. The first-order valence-corrected chi connectivity index (χ1v) is 7.55. The number of hydrogen-bond acceptors (Lipinski definition) is 4. The van der Waals surface area contributed by atoms with Gasteiger partial charge in [0.1, 0.15) is 0 Å². The summed E-state index contributed by atoms with van der Waals surface area (Å²) in [4.78, 5) is 4.60. The van der Waals surface area contributed by atoms with Gasteiger partial charge >= 0.3 is 0 Å². The molecule has 0 unspecified atom stereocenters. The summed E-state index contributed by atoms with van der Waals surface area (Å²) in [7, 11) is 3.19. The molecular formula is C12H5ClN2S2. The number of para-hydroxylation sites is 1. The fourth-order valence-corrected chi connectivity index (χ4v) is 4.04. The molecule has 5 heteroatoms. The maximum Gasteiger partial charge on any atom is 0.0957 e. The molecule has 0 aliphatic carbocycles. The summed E-state index contributed by atoms with van der Waals surface area (Å²) in [5, 5.41) is 2.94. The third-order valence-electron chi connectivity index (χ3n) is 2.85. The van der Waals surface area contributed by atoms with Crippen molar-refractivity contribution in [2.45, 2.75) is 0 Å². The highest BCUT2D eigenvalue weighted by Gasteiger charge is 2.10. The maximum atomic E-state index is 6.16. The second-order valence-electron chi connectivity index (χ2n) is 3.83. The van der Waals surface area contributed by atoms with Crippen molar-refractivity contribution in [3.05, 3.63) is 35.4 Å². The molecule has 4 aromatic rings. The van der Waals surface area contributed by atoms with Gasteiger partial charge in [-0.15, -0.1) is 0 Å². The molecule has 0 radical (unpaired) electrons. The number of rotatable bonds is 0. The maximum absolute atomic E-state index is 6.16. The van der Waals surface area contributed by atoms with E-state index >= 15 is 0 Å². The summed E-state index contributed by atoms with van der Waals surface area (Å²) in [6.45, 7) is 0. The fraction of sp³-hybridized carbons (Fsp3) is 0. The van der Waals surface area contributed by atoms with Crippen LogP contribution in [0.4, 0.5) is 0 Å². The predicted molar refractivity (Wildman–Crippen MR) is 75.3 cm³/mol. The fourth-order valence-electron chi connectivity index (χ4n) is 2.07. The summed E-state index contributed by atoms with van der Waals surface area (Å²) in [5.41, 5.74) is 2.92. The highest BCUT2D eigenvalue weighted by molar-refractivity contribution is 7.69. The molecule has 0 saturated carbocycles. The second kappa shape index (κ2) is 3.38. The summed E-state index contributed by atoms with van der Waals surface area (Å²) < 4.78 is 5.56. The lowest BCUT2D eigenvalue weighted by Crippen LogP contribution is -1.69. The molecule has 0 aliphatic heterocycles. The van der Waals surface area contributed by atoms with Gasteiger partial charge in [0.2, 0.25) is 0 Å². The van der Waals surface area contributed by atoms with Crippen LogP contribution in [0.15, 0.2) is 30.3 Å². The van der Waals surface area contributed by atoms with Crippen LogP contribution >= 0.6 is 32.5 Å². The number of aromatic nitrogens is 2. The van der Waals surface area contributed by atoms with E-state index in [1.807, 2.05) is 12.1 Å². The van der Waals surface area contributed by atoms with Gasteiger partial charge in [0, 0.05) is 21.3 Å². The molecule has 2 nitrogen and oxygen atoms in total. The Morgan fingerprint density at radius 1 is 1.06 bits per heavy atom. The number of hydrogen-bond donors (Lipinski definition) is 0. The molecule has 82 valence electrons. The second-order valence-corrected chi connectivity index (χ2v) is 6.13. The number of fused-ring (bicyclic) bond motifs is 4. The summed E-state index contributed by atoms with van der Waals surface area (Å²) in [6.07, 6.45) is 0. The van der Waals surface area contributed by atoms with Gasteiger partial charge in [-0.1, -0.05) is 34.1 Å². The van der Waals surface area contributed by atoms with Crippen molar-refractivity contribution in [1.82, 2.24) is 9.36 Å². The minimum atomic E-state index is 0.706. The predicted octanol–water partition coefficient (Wildman–Crippen LogP) is 4.71. The van der Waals surface area contributed by atoms with Gasteiger partial charge in [-0.05, 0) is 18.2 Å². The number of benzene rings is 2. The van der Waals surface area contributed by atoms with E-state index in [0.717, 1.165) is 27.3 Å². The Kier molecular flexibility index (Phi) is 1.94. The lowest BCUT2D eigenvalue weighted by Gasteiger charge is -1.91. The largest absolute Gasteiger partial charge is 0.246 e. The summed E-state index contributed by atoms with van der Waals surface area (Å²) >= 11 is 6.16. The number of nitrogens with zero attached hydrogens (tertiary/aromatic N) is 2. The molecule has 0 fully saturated rings. The number of halogens is 1. The van der Waals surface area contributed by atoms with Crippen LogP contribution in [-0.4, -0.2) is 9.36 Å². The highest BCUT2D eigenvalue weighted by atomic mass is 35.5. The van der Waals surface area contributed by atoms with Crippen molar-refractivity contribution in [2.75, 3.05) is 0 Å². The van der Waals surface area contributed by atoms with Crippen LogP contribution in [0.2, 0.25) is 5.02 Å². The van der Waals surface area contributed by atoms with Crippen LogP contribution in [0.3, 0.4) is 0 Å². The monoisotopic (exact) mass is 276 g/mol. The lowest BCUT2D eigenvalue weighted by molar-refractivity contribution is 1.55. The standard InChI is InChI=1S/C12H5ClN2S2/c13-8-3-1-2-6-7-4-10-11(16-17-15-10)5-9(7)14-12(6)8/h1-5H. The molecule has 2 aromatic heterocycles. The topological polar surface area (TPSA) is 25.8 Å². The zero-order valence-electron chi connectivity index (χ0n) is 8.48. The third kappa shape index (κ3) is 1.32.